The summed E-state index contributed by atoms with van der Waals surface area (Å²) in [5.41, 5.74) is 6.79. The largest absolute Gasteiger partial charge is 0.353 e. The maximum atomic E-state index is 5.52. The number of anilines is 2. The zero-order chi connectivity index (χ0) is 16.5. The zero-order valence-electron chi connectivity index (χ0n) is 13.9. The lowest BCUT2D eigenvalue weighted by Gasteiger charge is -2.25. The van der Waals surface area contributed by atoms with Crippen molar-refractivity contribution >= 4 is 11.8 Å². The molecule has 124 valence electrons. The van der Waals surface area contributed by atoms with Gasteiger partial charge in [0.15, 0.2) is 0 Å². The van der Waals surface area contributed by atoms with E-state index in [0.29, 0.717) is 19.0 Å². The molecule has 1 aromatic carbocycles. The summed E-state index contributed by atoms with van der Waals surface area (Å²) in [5, 5.41) is 3.13. The highest BCUT2D eigenvalue weighted by Crippen LogP contribution is 2.15. The minimum atomic E-state index is 0.557. The van der Waals surface area contributed by atoms with Crippen molar-refractivity contribution in [2.75, 3.05) is 50.5 Å². The van der Waals surface area contributed by atoms with Gasteiger partial charge in [0.2, 0.25) is 5.95 Å². The van der Waals surface area contributed by atoms with Crippen molar-refractivity contribution in [1.29, 1.82) is 0 Å². The number of hydrogen-bond donors (Lipinski definition) is 2. The number of benzene rings is 1. The van der Waals surface area contributed by atoms with E-state index in [1.165, 1.54) is 5.56 Å². The molecule has 0 amide bonds. The normalized spacial score (nSPS) is 10.8. The summed E-state index contributed by atoms with van der Waals surface area (Å²) in [6.07, 6.45) is 1.79. The molecule has 23 heavy (non-hydrogen) atoms. The average Bonchev–Trinajstić information content (AvgIpc) is 2.57. The van der Waals surface area contributed by atoms with Gasteiger partial charge in [0.25, 0.3) is 0 Å². The number of nitrogens with two attached hydrogens (primary N) is 1. The second-order valence-electron chi connectivity index (χ2n) is 5.66. The van der Waals surface area contributed by atoms with E-state index in [9.17, 15) is 0 Å². The van der Waals surface area contributed by atoms with Crippen molar-refractivity contribution in [3.05, 3.63) is 48.2 Å². The second kappa shape index (κ2) is 9.07. The molecule has 2 rings (SSSR count). The van der Waals surface area contributed by atoms with Crippen LogP contribution < -0.4 is 16.0 Å². The first kappa shape index (κ1) is 17.2. The Morgan fingerprint density at radius 1 is 1.09 bits per heavy atom. The first-order valence-corrected chi connectivity index (χ1v) is 7.89. The number of rotatable bonds is 9. The summed E-state index contributed by atoms with van der Waals surface area (Å²) in [6.45, 7) is 3.90. The third-order valence-electron chi connectivity index (χ3n) is 3.43. The number of likely N-dealkylation sites (N-methyl/N-ethyl adjacent to an activating group) is 1. The van der Waals surface area contributed by atoms with Crippen LogP contribution in [0.2, 0.25) is 0 Å². The summed E-state index contributed by atoms with van der Waals surface area (Å²) < 4.78 is 0. The van der Waals surface area contributed by atoms with Crippen LogP contribution in [0.15, 0.2) is 42.6 Å². The molecule has 6 nitrogen and oxygen atoms in total. The van der Waals surface area contributed by atoms with Crippen LogP contribution >= 0.6 is 0 Å². The van der Waals surface area contributed by atoms with E-state index in [0.717, 1.165) is 25.5 Å². The predicted octanol–water partition coefficient (Wildman–Crippen LogP) is 1.42. The molecular weight excluding hydrogens is 288 g/mol. The lowest BCUT2D eigenvalue weighted by atomic mass is 10.2. The molecule has 0 atom stereocenters. The topological polar surface area (TPSA) is 70.3 Å². The number of nitrogens with zero attached hydrogens (tertiary/aromatic N) is 4. The van der Waals surface area contributed by atoms with Crippen LogP contribution in [0.5, 0.6) is 0 Å². The minimum absolute atomic E-state index is 0.557. The molecule has 0 unspecified atom stereocenters. The molecule has 0 radical (unpaired) electrons. The molecule has 1 heterocycles. The van der Waals surface area contributed by atoms with Crippen LogP contribution in [-0.2, 0) is 6.54 Å². The Morgan fingerprint density at radius 2 is 1.87 bits per heavy atom. The summed E-state index contributed by atoms with van der Waals surface area (Å²) >= 11 is 0. The van der Waals surface area contributed by atoms with Crippen LogP contribution in [0, 0.1) is 0 Å². The monoisotopic (exact) mass is 314 g/mol. The maximum Gasteiger partial charge on any atom is 0.224 e. The highest BCUT2D eigenvalue weighted by molar-refractivity contribution is 5.43. The number of aromatic nitrogens is 2. The molecule has 0 fully saturated rings. The first-order valence-electron chi connectivity index (χ1n) is 7.89. The van der Waals surface area contributed by atoms with Gasteiger partial charge in [0.1, 0.15) is 5.82 Å². The number of nitrogens with one attached hydrogen (secondary N) is 1. The summed E-state index contributed by atoms with van der Waals surface area (Å²) in [6, 6.07) is 12.4. The Morgan fingerprint density at radius 3 is 2.57 bits per heavy atom. The molecule has 2 aromatic rings. The molecule has 6 heteroatoms. The Labute approximate surface area is 138 Å². The van der Waals surface area contributed by atoms with Gasteiger partial charge in [-0.25, -0.2) is 4.98 Å². The van der Waals surface area contributed by atoms with Crippen LogP contribution in [0.3, 0.4) is 0 Å². The lowest BCUT2D eigenvalue weighted by Crippen LogP contribution is -2.32. The van der Waals surface area contributed by atoms with Gasteiger partial charge in [-0.1, -0.05) is 30.3 Å². The van der Waals surface area contributed by atoms with Gasteiger partial charge in [-0.3, -0.25) is 0 Å². The fourth-order valence-corrected chi connectivity index (χ4v) is 2.19. The van der Waals surface area contributed by atoms with Crippen molar-refractivity contribution < 1.29 is 0 Å². The lowest BCUT2D eigenvalue weighted by molar-refractivity contribution is 0.412. The molecule has 0 saturated heterocycles. The van der Waals surface area contributed by atoms with E-state index >= 15 is 0 Å². The molecule has 0 spiro atoms. The average molecular weight is 314 g/mol. The molecule has 0 aliphatic carbocycles. The molecule has 3 N–H and O–H groups in total. The third-order valence-corrected chi connectivity index (χ3v) is 3.43. The molecule has 0 bridgehead atoms. The first-order chi connectivity index (χ1) is 11.2. The number of hydrogen-bond acceptors (Lipinski definition) is 6. The second-order valence-corrected chi connectivity index (χ2v) is 5.66. The smallest absolute Gasteiger partial charge is 0.224 e. The predicted molar refractivity (Wildman–Crippen MR) is 95.6 cm³/mol. The van der Waals surface area contributed by atoms with Crippen molar-refractivity contribution in [2.24, 2.45) is 5.73 Å². The molecule has 0 saturated carbocycles. The van der Waals surface area contributed by atoms with Gasteiger partial charge in [0, 0.05) is 38.9 Å². The van der Waals surface area contributed by atoms with Crippen molar-refractivity contribution in [3.8, 4) is 0 Å². The van der Waals surface area contributed by atoms with E-state index in [4.69, 9.17) is 5.73 Å². The van der Waals surface area contributed by atoms with Crippen LogP contribution in [-0.4, -0.2) is 55.1 Å². The minimum Gasteiger partial charge on any atom is -0.353 e. The molecule has 0 aliphatic heterocycles. The Bertz CT molecular complexity index is 572. The van der Waals surface area contributed by atoms with E-state index in [2.05, 4.69) is 63.4 Å². The quantitative estimate of drug-likeness (QED) is 0.729. The zero-order valence-corrected chi connectivity index (χ0v) is 13.9. The summed E-state index contributed by atoms with van der Waals surface area (Å²) in [5.74, 6) is 1.54. The standard InChI is InChI=1S/C17H26N6/c1-22(2)12-13-23(14-15-6-4-3-5-7-15)16-8-10-19-17(21-16)20-11-9-18/h3-8,10H,9,11-14,18H2,1-2H3,(H,19,20,21). The van der Waals surface area contributed by atoms with Crippen molar-refractivity contribution in [1.82, 2.24) is 14.9 Å². The maximum absolute atomic E-state index is 5.52. The SMILES string of the molecule is CN(C)CCN(Cc1ccccc1)c1ccnc(NCCN)n1. The summed E-state index contributed by atoms with van der Waals surface area (Å²) in [7, 11) is 4.16. The van der Waals surface area contributed by atoms with E-state index in [1.54, 1.807) is 6.20 Å². The summed E-state index contributed by atoms with van der Waals surface area (Å²) in [4.78, 5) is 13.3. The fraction of sp³-hybridized carbons (Fsp3) is 0.412. The van der Waals surface area contributed by atoms with Gasteiger partial charge in [0.05, 0.1) is 0 Å². The van der Waals surface area contributed by atoms with Gasteiger partial charge in [-0.2, -0.15) is 4.98 Å². The highest BCUT2D eigenvalue weighted by atomic mass is 15.2. The van der Waals surface area contributed by atoms with Crippen molar-refractivity contribution in [3.63, 3.8) is 0 Å². The Hall–Kier alpha value is -2.18. The van der Waals surface area contributed by atoms with Crippen LogP contribution in [0.1, 0.15) is 5.56 Å². The van der Waals surface area contributed by atoms with Crippen molar-refractivity contribution in [2.45, 2.75) is 6.54 Å². The fourth-order valence-electron chi connectivity index (χ4n) is 2.19. The Balaban J connectivity index is 2.15. The van der Waals surface area contributed by atoms with Gasteiger partial charge >= 0.3 is 0 Å². The van der Waals surface area contributed by atoms with E-state index in [-0.39, 0.29) is 0 Å². The van der Waals surface area contributed by atoms with E-state index in [1.807, 2.05) is 12.1 Å². The molecule has 0 aliphatic rings. The van der Waals surface area contributed by atoms with Crippen LogP contribution in [0.25, 0.3) is 0 Å². The van der Waals surface area contributed by atoms with Gasteiger partial charge in [-0.05, 0) is 25.7 Å². The molecule has 1 aromatic heterocycles. The van der Waals surface area contributed by atoms with Gasteiger partial charge in [-0.15, -0.1) is 0 Å². The Kier molecular flexibility index (Phi) is 6.77. The van der Waals surface area contributed by atoms with E-state index < -0.39 is 0 Å². The van der Waals surface area contributed by atoms with Crippen LogP contribution in [0.4, 0.5) is 11.8 Å². The highest BCUT2D eigenvalue weighted by Gasteiger charge is 2.10. The van der Waals surface area contributed by atoms with Gasteiger partial charge < -0.3 is 20.9 Å². The third kappa shape index (κ3) is 5.84. The molecular formula is C17H26N6.